The van der Waals surface area contributed by atoms with Gasteiger partial charge in [0.25, 0.3) is 0 Å². The van der Waals surface area contributed by atoms with Crippen LogP contribution in [0.25, 0.3) is 0 Å². The molecular formula is C4H3N3O. The van der Waals surface area contributed by atoms with Crippen molar-refractivity contribution in [3.05, 3.63) is 12.4 Å². The topological polar surface area (TPSA) is 58.1 Å². The SMILES string of the molecule is O=C=Nc1ncc[nH]1. The van der Waals surface area contributed by atoms with Crippen LogP contribution in [0.2, 0.25) is 0 Å². The maximum absolute atomic E-state index is 9.52. The Balaban J connectivity index is 2.93. The Bertz CT molecular complexity index is 197. The number of isocyanates is 1. The Kier molecular flexibility index (Phi) is 1.21. The summed E-state index contributed by atoms with van der Waals surface area (Å²) >= 11 is 0. The minimum Gasteiger partial charge on any atom is -0.329 e. The van der Waals surface area contributed by atoms with E-state index in [9.17, 15) is 4.79 Å². The molecule has 1 aromatic heterocycles. The van der Waals surface area contributed by atoms with Crippen molar-refractivity contribution in [1.29, 1.82) is 0 Å². The molecule has 0 aliphatic rings. The van der Waals surface area contributed by atoms with E-state index < -0.39 is 0 Å². The fourth-order valence-corrected chi connectivity index (χ4v) is 0.361. The summed E-state index contributed by atoms with van der Waals surface area (Å²) in [6.45, 7) is 0. The van der Waals surface area contributed by atoms with Gasteiger partial charge in [-0.15, -0.1) is 4.99 Å². The van der Waals surface area contributed by atoms with Crippen molar-refractivity contribution >= 4 is 12.0 Å². The summed E-state index contributed by atoms with van der Waals surface area (Å²) in [6, 6.07) is 0. The predicted molar refractivity (Wildman–Crippen MR) is 26.4 cm³/mol. The molecule has 1 rings (SSSR count). The third kappa shape index (κ3) is 0.802. The highest BCUT2D eigenvalue weighted by Gasteiger charge is 1.82. The van der Waals surface area contributed by atoms with Crippen LogP contribution >= 0.6 is 0 Å². The normalized spacial score (nSPS) is 8.00. The lowest BCUT2D eigenvalue weighted by atomic mass is 11.0. The van der Waals surface area contributed by atoms with Gasteiger partial charge in [0.1, 0.15) is 0 Å². The van der Waals surface area contributed by atoms with Gasteiger partial charge in [-0.2, -0.15) is 0 Å². The van der Waals surface area contributed by atoms with Crippen LogP contribution in [0.3, 0.4) is 0 Å². The Labute approximate surface area is 45.3 Å². The zero-order valence-corrected chi connectivity index (χ0v) is 3.96. The second-order valence-electron chi connectivity index (χ2n) is 1.12. The number of rotatable bonds is 1. The first-order valence-corrected chi connectivity index (χ1v) is 2.01. The average molecular weight is 109 g/mol. The summed E-state index contributed by atoms with van der Waals surface area (Å²) in [7, 11) is 0. The fraction of sp³-hybridized carbons (Fsp3) is 0. The maximum atomic E-state index is 9.52. The summed E-state index contributed by atoms with van der Waals surface area (Å²) in [4.78, 5) is 18.9. The summed E-state index contributed by atoms with van der Waals surface area (Å²) in [6.07, 6.45) is 4.44. The number of nitrogens with zero attached hydrogens (tertiary/aromatic N) is 2. The molecule has 0 aliphatic carbocycles. The highest BCUT2D eigenvalue weighted by Crippen LogP contribution is 1.96. The van der Waals surface area contributed by atoms with Gasteiger partial charge in [0, 0.05) is 12.4 Å². The zero-order chi connectivity index (χ0) is 5.82. The molecule has 0 fully saturated rings. The van der Waals surface area contributed by atoms with Gasteiger partial charge in [-0.1, -0.05) is 0 Å². The van der Waals surface area contributed by atoms with Crippen LogP contribution < -0.4 is 0 Å². The van der Waals surface area contributed by atoms with E-state index in [1.807, 2.05) is 0 Å². The van der Waals surface area contributed by atoms with E-state index in [1.54, 1.807) is 6.20 Å². The molecule has 1 N–H and O–H groups in total. The number of aromatic amines is 1. The molecule has 0 spiro atoms. The molecule has 0 saturated carbocycles. The summed E-state index contributed by atoms with van der Waals surface area (Å²) in [5.41, 5.74) is 0. The summed E-state index contributed by atoms with van der Waals surface area (Å²) in [5, 5.41) is 0. The Morgan fingerprint density at radius 3 is 3.25 bits per heavy atom. The molecule has 4 heteroatoms. The number of hydrogen-bond donors (Lipinski definition) is 1. The molecule has 1 aromatic rings. The third-order valence-electron chi connectivity index (χ3n) is 0.635. The van der Waals surface area contributed by atoms with Crippen LogP contribution in [0.15, 0.2) is 17.4 Å². The van der Waals surface area contributed by atoms with Gasteiger partial charge in [-0.3, -0.25) is 0 Å². The van der Waals surface area contributed by atoms with E-state index in [4.69, 9.17) is 0 Å². The van der Waals surface area contributed by atoms with E-state index in [1.165, 1.54) is 12.3 Å². The minimum absolute atomic E-state index is 0.292. The monoisotopic (exact) mass is 109 g/mol. The quantitative estimate of drug-likeness (QED) is 0.418. The Morgan fingerprint density at radius 2 is 2.75 bits per heavy atom. The molecule has 0 unspecified atom stereocenters. The highest BCUT2D eigenvalue weighted by molar-refractivity contribution is 5.40. The fourth-order valence-electron chi connectivity index (χ4n) is 0.361. The average Bonchev–Trinajstić information content (AvgIpc) is 2.19. The van der Waals surface area contributed by atoms with Gasteiger partial charge >= 0.3 is 0 Å². The second-order valence-corrected chi connectivity index (χ2v) is 1.12. The van der Waals surface area contributed by atoms with Crippen molar-refractivity contribution in [3.8, 4) is 0 Å². The number of aromatic nitrogens is 2. The van der Waals surface area contributed by atoms with Crippen LogP contribution in [-0.4, -0.2) is 16.0 Å². The number of carbonyl (C=O) groups excluding carboxylic acids is 1. The first-order chi connectivity index (χ1) is 3.93. The van der Waals surface area contributed by atoms with Crippen LogP contribution in [-0.2, 0) is 4.79 Å². The van der Waals surface area contributed by atoms with E-state index >= 15 is 0 Å². The van der Waals surface area contributed by atoms with Gasteiger partial charge in [0.05, 0.1) is 0 Å². The van der Waals surface area contributed by atoms with Crippen molar-refractivity contribution in [2.45, 2.75) is 0 Å². The van der Waals surface area contributed by atoms with E-state index in [2.05, 4.69) is 15.0 Å². The Morgan fingerprint density at radius 1 is 1.88 bits per heavy atom. The maximum Gasteiger partial charge on any atom is 0.243 e. The molecule has 8 heavy (non-hydrogen) atoms. The summed E-state index contributed by atoms with van der Waals surface area (Å²) < 4.78 is 0. The first kappa shape index (κ1) is 4.74. The molecular weight excluding hydrogens is 106 g/mol. The van der Waals surface area contributed by atoms with Crippen molar-refractivity contribution < 1.29 is 4.79 Å². The lowest BCUT2D eigenvalue weighted by molar-refractivity contribution is 0.565. The summed E-state index contributed by atoms with van der Waals surface area (Å²) in [5.74, 6) is 0.292. The van der Waals surface area contributed by atoms with Crippen molar-refractivity contribution in [3.63, 3.8) is 0 Å². The van der Waals surface area contributed by atoms with Crippen molar-refractivity contribution in [2.24, 2.45) is 4.99 Å². The molecule has 0 aromatic carbocycles. The van der Waals surface area contributed by atoms with E-state index in [-0.39, 0.29) is 0 Å². The molecule has 0 amide bonds. The van der Waals surface area contributed by atoms with Crippen LogP contribution in [0.5, 0.6) is 0 Å². The number of aliphatic imine (C=N–C) groups is 1. The zero-order valence-electron chi connectivity index (χ0n) is 3.96. The molecule has 1 heterocycles. The highest BCUT2D eigenvalue weighted by atomic mass is 16.1. The number of imidazole rings is 1. The van der Waals surface area contributed by atoms with Gasteiger partial charge < -0.3 is 4.98 Å². The van der Waals surface area contributed by atoms with Crippen LogP contribution in [0.4, 0.5) is 5.95 Å². The van der Waals surface area contributed by atoms with Gasteiger partial charge in [0.15, 0.2) is 0 Å². The van der Waals surface area contributed by atoms with Crippen LogP contribution in [0, 0.1) is 0 Å². The minimum atomic E-state index is 0.292. The largest absolute Gasteiger partial charge is 0.329 e. The smallest absolute Gasteiger partial charge is 0.243 e. The van der Waals surface area contributed by atoms with E-state index in [0.717, 1.165) is 0 Å². The van der Waals surface area contributed by atoms with Gasteiger partial charge in [-0.05, 0) is 0 Å². The molecule has 0 radical (unpaired) electrons. The number of H-pyrrole nitrogens is 1. The van der Waals surface area contributed by atoms with Crippen molar-refractivity contribution in [2.75, 3.05) is 0 Å². The first-order valence-electron chi connectivity index (χ1n) is 2.01. The third-order valence-corrected chi connectivity index (χ3v) is 0.635. The molecule has 40 valence electrons. The van der Waals surface area contributed by atoms with Gasteiger partial charge in [-0.25, -0.2) is 9.78 Å². The molecule has 0 aliphatic heterocycles. The van der Waals surface area contributed by atoms with E-state index in [0.29, 0.717) is 5.95 Å². The van der Waals surface area contributed by atoms with Crippen molar-refractivity contribution in [1.82, 2.24) is 9.97 Å². The van der Waals surface area contributed by atoms with Crippen LogP contribution in [0.1, 0.15) is 0 Å². The van der Waals surface area contributed by atoms with Gasteiger partial charge in [0.2, 0.25) is 12.0 Å². The number of hydrogen-bond acceptors (Lipinski definition) is 3. The lowest BCUT2D eigenvalue weighted by Crippen LogP contribution is -1.61. The molecule has 4 nitrogen and oxygen atoms in total. The Hall–Kier alpha value is -1.41. The lowest BCUT2D eigenvalue weighted by Gasteiger charge is -1.70. The number of nitrogens with one attached hydrogen (secondary N) is 1. The molecule has 0 atom stereocenters. The predicted octanol–water partition coefficient (Wildman–Crippen LogP) is 0.377. The molecule has 0 bridgehead atoms. The second kappa shape index (κ2) is 2.04. The molecule has 0 saturated heterocycles. The standard InChI is InChI=1S/C4H3N3O/c8-3-7-4-5-1-2-6-4/h1-2H,(H,5,6).